The normalized spacial score (nSPS) is 10.5. The third-order valence-corrected chi connectivity index (χ3v) is 3.89. The standard InChI is InChI=1S/C16H17N3S/c1-19(2)11-12-3-6-14(7-4-12)20-16-8-5-13(10-17)9-15(16)18/h3-9H,11,18H2,1-2H3. The summed E-state index contributed by atoms with van der Waals surface area (Å²) in [6, 6.07) is 15.9. The van der Waals surface area contributed by atoms with Crippen molar-refractivity contribution in [1.29, 1.82) is 5.26 Å². The van der Waals surface area contributed by atoms with Gasteiger partial charge in [-0.05, 0) is 50.0 Å². The number of anilines is 1. The van der Waals surface area contributed by atoms with Crippen LogP contribution in [0.5, 0.6) is 0 Å². The van der Waals surface area contributed by atoms with E-state index in [9.17, 15) is 0 Å². The van der Waals surface area contributed by atoms with Crippen molar-refractivity contribution in [3.05, 3.63) is 53.6 Å². The van der Waals surface area contributed by atoms with Crippen molar-refractivity contribution in [3.63, 3.8) is 0 Å². The van der Waals surface area contributed by atoms with Crippen LogP contribution >= 0.6 is 11.8 Å². The maximum absolute atomic E-state index is 8.83. The van der Waals surface area contributed by atoms with Gasteiger partial charge in [-0.25, -0.2) is 0 Å². The molecule has 0 aliphatic heterocycles. The van der Waals surface area contributed by atoms with E-state index >= 15 is 0 Å². The molecule has 0 unspecified atom stereocenters. The van der Waals surface area contributed by atoms with Crippen LogP contribution in [-0.2, 0) is 6.54 Å². The molecule has 0 aliphatic rings. The molecule has 0 radical (unpaired) electrons. The van der Waals surface area contributed by atoms with Gasteiger partial charge in [-0.15, -0.1) is 0 Å². The Bertz CT molecular complexity index is 627. The highest BCUT2D eigenvalue weighted by molar-refractivity contribution is 7.99. The molecule has 0 spiro atoms. The summed E-state index contributed by atoms with van der Waals surface area (Å²) >= 11 is 1.61. The number of rotatable bonds is 4. The number of hydrogen-bond acceptors (Lipinski definition) is 4. The average Bonchev–Trinajstić information content (AvgIpc) is 2.42. The van der Waals surface area contributed by atoms with Crippen LogP contribution in [0.2, 0.25) is 0 Å². The Kier molecular flexibility index (Phi) is 4.67. The summed E-state index contributed by atoms with van der Waals surface area (Å²) in [7, 11) is 4.11. The van der Waals surface area contributed by atoms with Crippen molar-refractivity contribution < 1.29 is 0 Å². The van der Waals surface area contributed by atoms with Crippen LogP contribution in [0.25, 0.3) is 0 Å². The molecule has 2 aromatic rings. The third kappa shape index (κ3) is 3.77. The van der Waals surface area contributed by atoms with E-state index in [1.165, 1.54) is 5.56 Å². The van der Waals surface area contributed by atoms with Gasteiger partial charge in [0.2, 0.25) is 0 Å². The third-order valence-electron chi connectivity index (χ3n) is 2.79. The van der Waals surface area contributed by atoms with Crippen molar-refractivity contribution in [2.24, 2.45) is 0 Å². The van der Waals surface area contributed by atoms with E-state index in [1.54, 1.807) is 23.9 Å². The first kappa shape index (κ1) is 14.4. The Morgan fingerprint density at radius 3 is 2.40 bits per heavy atom. The molecular weight excluding hydrogens is 266 g/mol. The van der Waals surface area contributed by atoms with Crippen LogP contribution in [0.4, 0.5) is 5.69 Å². The van der Waals surface area contributed by atoms with Crippen molar-refractivity contribution in [2.75, 3.05) is 19.8 Å². The van der Waals surface area contributed by atoms with Gasteiger partial charge < -0.3 is 10.6 Å². The zero-order valence-electron chi connectivity index (χ0n) is 11.6. The number of nitrogens with zero attached hydrogens (tertiary/aromatic N) is 2. The summed E-state index contributed by atoms with van der Waals surface area (Å²) in [4.78, 5) is 4.26. The first-order chi connectivity index (χ1) is 9.58. The fourth-order valence-corrected chi connectivity index (χ4v) is 2.70. The van der Waals surface area contributed by atoms with E-state index < -0.39 is 0 Å². The molecule has 0 aliphatic carbocycles. The van der Waals surface area contributed by atoms with Crippen molar-refractivity contribution in [1.82, 2.24) is 4.90 Å². The molecule has 0 bridgehead atoms. The number of hydrogen-bond donors (Lipinski definition) is 1. The molecule has 2 N–H and O–H groups in total. The maximum Gasteiger partial charge on any atom is 0.0992 e. The average molecular weight is 283 g/mol. The number of nitrogen functional groups attached to an aromatic ring is 1. The van der Waals surface area contributed by atoms with Crippen molar-refractivity contribution in [3.8, 4) is 6.07 Å². The van der Waals surface area contributed by atoms with Crippen LogP contribution < -0.4 is 5.73 Å². The molecule has 2 rings (SSSR count). The highest BCUT2D eigenvalue weighted by Gasteiger charge is 2.04. The second-order valence-electron chi connectivity index (χ2n) is 4.85. The molecule has 0 fully saturated rings. The fraction of sp³-hybridized carbons (Fsp3) is 0.188. The van der Waals surface area contributed by atoms with E-state index in [2.05, 4.69) is 49.3 Å². The lowest BCUT2D eigenvalue weighted by Crippen LogP contribution is -2.10. The minimum Gasteiger partial charge on any atom is -0.398 e. The van der Waals surface area contributed by atoms with Gasteiger partial charge in [0.1, 0.15) is 0 Å². The molecule has 0 heterocycles. The zero-order valence-corrected chi connectivity index (χ0v) is 12.4. The van der Waals surface area contributed by atoms with Gasteiger partial charge in [0.15, 0.2) is 0 Å². The topological polar surface area (TPSA) is 53.0 Å². The predicted molar refractivity (Wildman–Crippen MR) is 83.5 cm³/mol. The molecule has 4 heteroatoms. The summed E-state index contributed by atoms with van der Waals surface area (Å²) in [6.07, 6.45) is 0. The predicted octanol–water partition coefficient (Wildman–Crippen LogP) is 3.35. The summed E-state index contributed by atoms with van der Waals surface area (Å²) in [5.74, 6) is 0. The summed E-state index contributed by atoms with van der Waals surface area (Å²) in [6.45, 7) is 0.934. The molecule has 20 heavy (non-hydrogen) atoms. The zero-order chi connectivity index (χ0) is 14.5. The smallest absolute Gasteiger partial charge is 0.0992 e. The molecule has 0 saturated carbocycles. The highest BCUT2D eigenvalue weighted by Crippen LogP contribution is 2.32. The Labute approximate surface area is 124 Å². The van der Waals surface area contributed by atoms with Gasteiger partial charge in [0.25, 0.3) is 0 Å². The van der Waals surface area contributed by atoms with E-state index in [0.717, 1.165) is 16.3 Å². The molecule has 102 valence electrons. The monoisotopic (exact) mass is 283 g/mol. The SMILES string of the molecule is CN(C)Cc1ccc(Sc2ccc(C#N)cc2N)cc1. The van der Waals surface area contributed by atoms with Crippen LogP contribution in [0, 0.1) is 11.3 Å². The molecule has 0 aromatic heterocycles. The van der Waals surface area contributed by atoms with Crippen molar-refractivity contribution in [2.45, 2.75) is 16.3 Å². The van der Waals surface area contributed by atoms with Gasteiger partial charge in [-0.1, -0.05) is 23.9 Å². The minimum absolute atomic E-state index is 0.591. The van der Waals surface area contributed by atoms with Gasteiger partial charge in [-0.2, -0.15) is 5.26 Å². The van der Waals surface area contributed by atoms with Crippen LogP contribution in [-0.4, -0.2) is 19.0 Å². The molecule has 3 nitrogen and oxygen atoms in total. The van der Waals surface area contributed by atoms with Crippen LogP contribution in [0.1, 0.15) is 11.1 Å². The second kappa shape index (κ2) is 6.47. The van der Waals surface area contributed by atoms with Crippen molar-refractivity contribution >= 4 is 17.4 Å². The van der Waals surface area contributed by atoms with Gasteiger partial charge >= 0.3 is 0 Å². The lowest BCUT2D eigenvalue weighted by Gasteiger charge is -2.10. The van der Waals surface area contributed by atoms with E-state index in [1.807, 2.05) is 6.07 Å². The van der Waals surface area contributed by atoms with Gasteiger partial charge in [-0.3, -0.25) is 0 Å². The molecule has 0 saturated heterocycles. The fourth-order valence-electron chi connectivity index (χ4n) is 1.87. The first-order valence-electron chi connectivity index (χ1n) is 6.29. The summed E-state index contributed by atoms with van der Waals surface area (Å²) < 4.78 is 0. The number of nitriles is 1. The Morgan fingerprint density at radius 1 is 1.15 bits per heavy atom. The molecule has 2 aromatic carbocycles. The van der Waals surface area contributed by atoms with E-state index in [-0.39, 0.29) is 0 Å². The summed E-state index contributed by atoms with van der Waals surface area (Å²) in [5, 5.41) is 8.83. The van der Waals surface area contributed by atoms with Gasteiger partial charge in [0.05, 0.1) is 11.6 Å². The lowest BCUT2D eigenvalue weighted by molar-refractivity contribution is 0.402. The lowest BCUT2D eigenvalue weighted by atomic mass is 10.2. The summed E-state index contributed by atoms with van der Waals surface area (Å²) in [5.41, 5.74) is 8.48. The first-order valence-corrected chi connectivity index (χ1v) is 7.11. The highest BCUT2D eigenvalue weighted by atomic mass is 32.2. The number of nitrogens with two attached hydrogens (primary N) is 1. The molecular formula is C16H17N3S. The molecule has 0 atom stereocenters. The molecule has 0 amide bonds. The Hall–Kier alpha value is -1.96. The van der Waals surface area contributed by atoms with Crippen LogP contribution in [0.15, 0.2) is 52.3 Å². The largest absolute Gasteiger partial charge is 0.398 e. The van der Waals surface area contributed by atoms with Gasteiger partial charge in [0, 0.05) is 22.0 Å². The van der Waals surface area contributed by atoms with E-state index in [0.29, 0.717) is 11.3 Å². The minimum atomic E-state index is 0.591. The van der Waals surface area contributed by atoms with Crippen LogP contribution in [0.3, 0.4) is 0 Å². The van der Waals surface area contributed by atoms with E-state index in [4.69, 9.17) is 11.0 Å². The second-order valence-corrected chi connectivity index (χ2v) is 5.96. The quantitative estimate of drug-likeness (QED) is 0.874. The maximum atomic E-state index is 8.83. The Morgan fingerprint density at radius 2 is 1.85 bits per heavy atom. The number of benzene rings is 2. The Balaban J connectivity index is 2.12.